The van der Waals surface area contributed by atoms with E-state index in [-0.39, 0.29) is 0 Å². The normalized spacial score (nSPS) is 11.2. The van der Waals surface area contributed by atoms with Gasteiger partial charge in [0.15, 0.2) is 5.82 Å². The molecule has 1 heterocycles. The number of aryl methyl sites for hydroxylation is 1. The van der Waals surface area contributed by atoms with Gasteiger partial charge in [-0.05, 0) is 48.7 Å². The topological polar surface area (TPSA) is 52.3 Å². The summed E-state index contributed by atoms with van der Waals surface area (Å²) in [5.74, 6) is 2.47. The highest BCUT2D eigenvalue weighted by Gasteiger charge is 2.08. The fourth-order valence-corrected chi connectivity index (χ4v) is 3.17. The van der Waals surface area contributed by atoms with E-state index in [2.05, 4.69) is 34.4 Å². The van der Waals surface area contributed by atoms with Crippen LogP contribution in [0.2, 0.25) is 0 Å². The third-order valence-corrected chi connectivity index (χ3v) is 4.64. The average Bonchev–Trinajstić information content (AvgIpc) is 3.04. The highest BCUT2D eigenvalue weighted by atomic mass is 32.2. The molecule has 3 aromatic rings. The molecule has 5 nitrogen and oxygen atoms in total. The fraction of sp³-hybridized carbons (Fsp3) is 0.250. The van der Waals surface area contributed by atoms with E-state index in [0.717, 1.165) is 41.1 Å². The highest BCUT2D eigenvalue weighted by molar-refractivity contribution is 7.98. The molecule has 1 aromatic heterocycles. The zero-order valence-electron chi connectivity index (χ0n) is 15.0. The van der Waals surface area contributed by atoms with Gasteiger partial charge in [0.2, 0.25) is 5.16 Å². The van der Waals surface area contributed by atoms with Crippen molar-refractivity contribution in [2.24, 2.45) is 5.10 Å². The minimum Gasteiger partial charge on any atom is -0.494 e. The summed E-state index contributed by atoms with van der Waals surface area (Å²) in [6.45, 7) is 4.73. The van der Waals surface area contributed by atoms with Crippen LogP contribution in [0.4, 0.5) is 0 Å². The molecule has 0 unspecified atom stereocenters. The van der Waals surface area contributed by atoms with Gasteiger partial charge in [-0.2, -0.15) is 9.78 Å². The second kappa shape index (κ2) is 9.20. The zero-order valence-corrected chi connectivity index (χ0v) is 15.8. The van der Waals surface area contributed by atoms with Gasteiger partial charge in [-0.3, -0.25) is 0 Å². The van der Waals surface area contributed by atoms with E-state index in [1.165, 1.54) is 5.56 Å². The van der Waals surface area contributed by atoms with Crippen LogP contribution < -0.4 is 4.74 Å². The Balaban J connectivity index is 1.67. The quantitative estimate of drug-likeness (QED) is 0.433. The van der Waals surface area contributed by atoms with Crippen LogP contribution in [-0.4, -0.2) is 27.7 Å². The molecule has 2 aromatic carbocycles. The van der Waals surface area contributed by atoms with E-state index in [9.17, 15) is 0 Å². The summed E-state index contributed by atoms with van der Waals surface area (Å²) in [7, 11) is 0. The van der Waals surface area contributed by atoms with Crippen LogP contribution in [0, 0.1) is 6.92 Å². The lowest BCUT2D eigenvalue weighted by atomic mass is 10.2. The maximum atomic E-state index is 5.60. The summed E-state index contributed by atoms with van der Waals surface area (Å²) in [5, 5.41) is 13.7. The first-order valence-electron chi connectivity index (χ1n) is 8.62. The predicted octanol–water partition coefficient (Wildman–Crippen LogP) is 4.55. The van der Waals surface area contributed by atoms with E-state index >= 15 is 0 Å². The van der Waals surface area contributed by atoms with Gasteiger partial charge in [0.25, 0.3) is 0 Å². The van der Waals surface area contributed by atoms with Crippen molar-refractivity contribution in [2.75, 3.05) is 6.61 Å². The SMILES string of the molecule is CCCOc1ccc(/C=N/n2c(C)nnc2SCc2ccccc2)cc1. The number of aromatic nitrogens is 3. The predicted molar refractivity (Wildman–Crippen MR) is 106 cm³/mol. The molecule has 3 rings (SSSR count). The molecular weight excluding hydrogens is 344 g/mol. The van der Waals surface area contributed by atoms with Crippen molar-refractivity contribution in [2.45, 2.75) is 31.2 Å². The minimum atomic E-state index is 0.731. The number of nitrogens with zero attached hydrogens (tertiary/aromatic N) is 4. The summed E-state index contributed by atoms with van der Waals surface area (Å²) < 4.78 is 7.37. The molecule has 0 radical (unpaired) electrons. The van der Waals surface area contributed by atoms with Crippen molar-refractivity contribution in [3.8, 4) is 5.75 Å². The number of thioether (sulfide) groups is 1. The summed E-state index contributed by atoms with van der Waals surface area (Å²) in [6.07, 6.45) is 2.81. The Kier molecular flexibility index (Phi) is 6.44. The van der Waals surface area contributed by atoms with Crippen LogP contribution in [0.25, 0.3) is 0 Å². The Hall–Kier alpha value is -2.60. The van der Waals surface area contributed by atoms with Crippen LogP contribution in [-0.2, 0) is 5.75 Å². The lowest BCUT2D eigenvalue weighted by Gasteiger charge is -2.04. The number of benzene rings is 2. The van der Waals surface area contributed by atoms with Gasteiger partial charge in [-0.15, -0.1) is 10.2 Å². The average molecular weight is 366 g/mol. The second-order valence-electron chi connectivity index (χ2n) is 5.78. The van der Waals surface area contributed by atoms with E-state index < -0.39 is 0 Å². The fourth-order valence-electron chi connectivity index (χ4n) is 2.28. The third-order valence-electron chi connectivity index (χ3n) is 3.65. The zero-order chi connectivity index (χ0) is 18.2. The Morgan fingerprint density at radius 1 is 1.08 bits per heavy atom. The monoisotopic (exact) mass is 366 g/mol. The number of rotatable bonds is 8. The number of hydrogen-bond donors (Lipinski definition) is 0. The molecule has 0 aliphatic carbocycles. The molecule has 0 fully saturated rings. The van der Waals surface area contributed by atoms with E-state index in [4.69, 9.17) is 4.74 Å². The van der Waals surface area contributed by atoms with Crippen molar-refractivity contribution < 1.29 is 4.74 Å². The molecule has 6 heteroatoms. The van der Waals surface area contributed by atoms with Gasteiger partial charge in [0.05, 0.1) is 12.8 Å². The van der Waals surface area contributed by atoms with Crippen molar-refractivity contribution in [3.05, 3.63) is 71.5 Å². The molecule has 0 bridgehead atoms. The third kappa shape index (κ3) is 4.95. The molecule has 134 valence electrons. The second-order valence-corrected chi connectivity index (χ2v) is 6.72. The van der Waals surface area contributed by atoms with Gasteiger partial charge in [0.1, 0.15) is 5.75 Å². The van der Waals surface area contributed by atoms with Gasteiger partial charge < -0.3 is 4.74 Å². The molecule has 0 N–H and O–H groups in total. The van der Waals surface area contributed by atoms with Crippen molar-refractivity contribution in [3.63, 3.8) is 0 Å². The maximum absolute atomic E-state index is 5.60. The summed E-state index contributed by atoms with van der Waals surface area (Å²) in [6, 6.07) is 18.2. The van der Waals surface area contributed by atoms with Crippen molar-refractivity contribution in [1.82, 2.24) is 14.9 Å². The van der Waals surface area contributed by atoms with Crippen LogP contribution in [0.15, 0.2) is 64.9 Å². The van der Waals surface area contributed by atoms with Gasteiger partial charge in [-0.25, -0.2) is 0 Å². The van der Waals surface area contributed by atoms with Crippen LogP contribution in [0.3, 0.4) is 0 Å². The summed E-state index contributed by atoms with van der Waals surface area (Å²) >= 11 is 1.62. The molecule has 26 heavy (non-hydrogen) atoms. The van der Waals surface area contributed by atoms with Crippen LogP contribution in [0.5, 0.6) is 5.75 Å². The smallest absolute Gasteiger partial charge is 0.212 e. The molecule has 0 spiro atoms. The van der Waals surface area contributed by atoms with Crippen molar-refractivity contribution >= 4 is 18.0 Å². The largest absolute Gasteiger partial charge is 0.494 e. The highest BCUT2D eigenvalue weighted by Crippen LogP contribution is 2.21. The number of hydrogen-bond acceptors (Lipinski definition) is 5. The Morgan fingerprint density at radius 2 is 1.85 bits per heavy atom. The molecule has 0 saturated carbocycles. The molecule has 0 aliphatic heterocycles. The van der Waals surface area contributed by atoms with Gasteiger partial charge in [-0.1, -0.05) is 49.0 Å². The molecule has 0 atom stereocenters. The Bertz CT molecular complexity index is 844. The van der Waals surface area contributed by atoms with Crippen LogP contribution >= 0.6 is 11.8 Å². The summed E-state index contributed by atoms with van der Waals surface area (Å²) in [4.78, 5) is 0. The standard InChI is InChI=1S/C20H22N4OS/c1-3-13-25-19-11-9-17(10-12-19)14-21-24-16(2)22-23-20(24)26-15-18-7-5-4-6-8-18/h4-12,14H,3,13,15H2,1-2H3/b21-14+. The molecular formula is C20H22N4OS. The minimum absolute atomic E-state index is 0.731. The van der Waals surface area contributed by atoms with Gasteiger partial charge >= 0.3 is 0 Å². The first-order valence-corrected chi connectivity index (χ1v) is 9.61. The van der Waals surface area contributed by atoms with Crippen LogP contribution in [0.1, 0.15) is 30.3 Å². The van der Waals surface area contributed by atoms with E-state index in [1.807, 2.05) is 55.6 Å². The lowest BCUT2D eigenvalue weighted by Crippen LogP contribution is -1.97. The van der Waals surface area contributed by atoms with E-state index in [0.29, 0.717) is 0 Å². The maximum Gasteiger partial charge on any atom is 0.212 e. The Labute approximate surface area is 158 Å². The van der Waals surface area contributed by atoms with Gasteiger partial charge in [0, 0.05) is 5.75 Å². The first-order chi connectivity index (χ1) is 12.8. The Morgan fingerprint density at radius 3 is 2.58 bits per heavy atom. The number of ether oxygens (including phenoxy) is 1. The molecule has 0 aliphatic rings. The summed E-state index contributed by atoms with van der Waals surface area (Å²) in [5.41, 5.74) is 2.25. The first kappa shape index (κ1) is 18.2. The lowest BCUT2D eigenvalue weighted by molar-refractivity contribution is 0.317. The van der Waals surface area contributed by atoms with E-state index in [1.54, 1.807) is 16.4 Å². The molecule has 0 saturated heterocycles. The van der Waals surface area contributed by atoms with Crippen molar-refractivity contribution in [1.29, 1.82) is 0 Å². The molecule has 0 amide bonds.